The second-order valence-electron chi connectivity index (χ2n) is 8.32. The molecule has 1 N–H and O–H groups in total. The lowest BCUT2D eigenvalue weighted by molar-refractivity contribution is -0.142. The number of rotatable bonds is 9. The topological polar surface area (TPSA) is 58.6 Å². The average molecular weight is 566 g/mol. The monoisotopic (exact) mass is 564 g/mol. The van der Waals surface area contributed by atoms with Crippen LogP contribution in [0.25, 0.3) is 10.8 Å². The Bertz CT molecular complexity index is 1360. The van der Waals surface area contributed by atoms with Gasteiger partial charge < -0.3 is 15.0 Å². The fourth-order valence-corrected chi connectivity index (χ4v) is 4.88. The fourth-order valence-electron chi connectivity index (χ4n) is 4.08. The molecule has 4 aromatic carbocycles. The van der Waals surface area contributed by atoms with Gasteiger partial charge in [0.05, 0.1) is 4.47 Å². The maximum Gasteiger partial charge on any atom is 0.261 e. The van der Waals surface area contributed by atoms with E-state index in [1.165, 1.54) is 0 Å². The van der Waals surface area contributed by atoms with Crippen molar-refractivity contribution >= 4 is 50.1 Å². The molecule has 0 unspecified atom stereocenters. The van der Waals surface area contributed by atoms with Crippen LogP contribution in [0.3, 0.4) is 0 Å². The number of carbonyl (C=O) groups excluding carboxylic acids is 2. The number of amides is 2. The van der Waals surface area contributed by atoms with E-state index in [4.69, 9.17) is 16.3 Å². The summed E-state index contributed by atoms with van der Waals surface area (Å²) in [5, 5.41) is 5.29. The van der Waals surface area contributed by atoms with Crippen molar-refractivity contribution in [3.63, 3.8) is 0 Å². The lowest BCUT2D eigenvalue weighted by atomic mass is 10.0. The van der Waals surface area contributed by atoms with Crippen molar-refractivity contribution in [2.24, 2.45) is 0 Å². The predicted octanol–water partition coefficient (Wildman–Crippen LogP) is 6.02. The Hall–Kier alpha value is -3.35. The Labute approximate surface area is 224 Å². The minimum Gasteiger partial charge on any atom is -0.483 e. The van der Waals surface area contributed by atoms with E-state index in [2.05, 4.69) is 21.2 Å². The van der Waals surface area contributed by atoms with E-state index >= 15 is 0 Å². The number of fused-ring (bicyclic) bond motifs is 1. The van der Waals surface area contributed by atoms with Crippen molar-refractivity contribution < 1.29 is 14.3 Å². The average Bonchev–Trinajstić information content (AvgIpc) is 2.91. The van der Waals surface area contributed by atoms with Gasteiger partial charge in [-0.2, -0.15) is 0 Å². The van der Waals surface area contributed by atoms with Crippen LogP contribution in [0.5, 0.6) is 5.75 Å². The summed E-state index contributed by atoms with van der Waals surface area (Å²) >= 11 is 10.0. The van der Waals surface area contributed by atoms with Gasteiger partial charge in [0, 0.05) is 25.0 Å². The van der Waals surface area contributed by atoms with Crippen molar-refractivity contribution in [2.75, 3.05) is 13.7 Å². The zero-order chi connectivity index (χ0) is 25.5. The molecule has 7 heteroatoms. The number of nitrogens with one attached hydrogen (secondary N) is 1. The molecule has 0 aliphatic heterocycles. The molecule has 0 radical (unpaired) electrons. The molecule has 184 valence electrons. The first-order chi connectivity index (χ1) is 17.5. The van der Waals surface area contributed by atoms with E-state index in [0.717, 1.165) is 26.4 Å². The third kappa shape index (κ3) is 6.07. The lowest BCUT2D eigenvalue weighted by Gasteiger charge is -2.31. The molecular weight excluding hydrogens is 540 g/mol. The summed E-state index contributed by atoms with van der Waals surface area (Å²) in [5.41, 5.74) is 1.70. The molecule has 0 aromatic heterocycles. The summed E-state index contributed by atoms with van der Waals surface area (Å²) in [6.45, 7) is -0.0602. The van der Waals surface area contributed by atoms with E-state index in [1.54, 1.807) is 18.0 Å². The summed E-state index contributed by atoms with van der Waals surface area (Å²) in [7, 11) is 1.57. The normalized spacial score (nSPS) is 11.6. The SMILES string of the molecule is CNC(=O)[C@@H](Cc1ccccc1)N(Cc1ccccc1Cl)C(=O)COc1ccc2ccccc2c1Br. The number of nitrogens with zero attached hydrogens (tertiary/aromatic N) is 1. The molecule has 2 amide bonds. The Morgan fingerprint density at radius 1 is 0.944 bits per heavy atom. The number of halogens is 2. The van der Waals surface area contributed by atoms with Gasteiger partial charge >= 0.3 is 0 Å². The van der Waals surface area contributed by atoms with Crippen LogP contribution in [0.15, 0.2) is 95.5 Å². The first-order valence-corrected chi connectivity index (χ1v) is 12.7. The minimum atomic E-state index is -0.746. The Morgan fingerprint density at radius 2 is 1.64 bits per heavy atom. The molecule has 0 saturated heterocycles. The summed E-state index contributed by atoms with van der Waals surface area (Å²) in [6.07, 6.45) is 0.358. The number of hydrogen-bond donors (Lipinski definition) is 1. The second-order valence-corrected chi connectivity index (χ2v) is 9.52. The van der Waals surface area contributed by atoms with E-state index in [1.807, 2.05) is 84.9 Å². The molecule has 0 aliphatic carbocycles. The molecule has 0 spiro atoms. The third-order valence-electron chi connectivity index (χ3n) is 6.00. The quantitative estimate of drug-likeness (QED) is 0.270. The minimum absolute atomic E-state index is 0.172. The zero-order valence-corrected chi connectivity index (χ0v) is 22.1. The molecular formula is C29H26BrClN2O3. The van der Waals surface area contributed by atoms with E-state index in [9.17, 15) is 9.59 Å². The van der Waals surface area contributed by atoms with Crippen LogP contribution in [0, 0.1) is 0 Å². The molecule has 0 heterocycles. The number of likely N-dealkylation sites (N-methyl/N-ethyl adjacent to an activating group) is 1. The van der Waals surface area contributed by atoms with Gasteiger partial charge in [0.15, 0.2) is 6.61 Å². The molecule has 0 fully saturated rings. The van der Waals surface area contributed by atoms with Crippen molar-refractivity contribution in [3.05, 3.63) is 112 Å². The number of carbonyl (C=O) groups is 2. The molecule has 5 nitrogen and oxygen atoms in total. The van der Waals surface area contributed by atoms with Crippen molar-refractivity contribution in [1.29, 1.82) is 0 Å². The third-order valence-corrected chi connectivity index (χ3v) is 7.18. The number of hydrogen-bond acceptors (Lipinski definition) is 3. The lowest BCUT2D eigenvalue weighted by Crippen LogP contribution is -2.51. The van der Waals surface area contributed by atoms with Gasteiger partial charge in [-0.1, -0.05) is 90.5 Å². The fraction of sp³-hybridized carbons (Fsp3) is 0.172. The standard InChI is InChI=1S/C29H26BrClN2O3/c1-32-29(35)25(17-20-9-3-2-4-10-20)33(18-22-12-6-8-14-24(22)31)27(34)19-36-26-16-15-21-11-5-7-13-23(21)28(26)30/h2-16,25H,17-19H2,1H3,(H,32,35)/t25-/m1/s1. The Kier molecular flexibility index (Phi) is 8.62. The van der Waals surface area contributed by atoms with Gasteiger partial charge in [-0.05, 0) is 50.0 Å². The van der Waals surface area contributed by atoms with Crippen molar-refractivity contribution in [2.45, 2.75) is 19.0 Å². The highest BCUT2D eigenvalue weighted by atomic mass is 79.9. The van der Waals surface area contributed by atoms with Crippen LogP contribution in [0.1, 0.15) is 11.1 Å². The number of benzene rings is 4. The van der Waals surface area contributed by atoms with Gasteiger partial charge in [-0.15, -0.1) is 0 Å². The Morgan fingerprint density at radius 3 is 2.39 bits per heavy atom. The first kappa shape index (κ1) is 25.7. The summed E-state index contributed by atoms with van der Waals surface area (Å²) in [6, 6.07) is 27.9. The first-order valence-electron chi connectivity index (χ1n) is 11.6. The molecule has 1 atom stereocenters. The maximum absolute atomic E-state index is 13.6. The van der Waals surface area contributed by atoms with Crippen LogP contribution < -0.4 is 10.1 Å². The maximum atomic E-state index is 13.6. The molecule has 36 heavy (non-hydrogen) atoms. The van der Waals surface area contributed by atoms with Crippen LogP contribution in [-0.2, 0) is 22.6 Å². The smallest absolute Gasteiger partial charge is 0.261 e. The van der Waals surface area contributed by atoms with Gasteiger partial charge in [0.2, 0.25) is 5.91 Å². The largest absolute Gasteiger partial charge is 0.483 e. The highest BCUT2D eigenvalue weighted by Crippen LogP contribution is 2.33. The van der Waals surface area contributed by atoms with Gasteiger partial charge in [-0.3, -0.25) is 9.59 Å². The summed E-state index contributed by atoms with van der Waals surface area (Å²) in [5.74, 6) is -0.0232. The van der Waals surface area contributed by atoms with Crippen LogP contribution in [0.4, 0.5) is 0 Å². The van der Waals surface area contributed by atoms with Gasteiger partial charge in [0.1, 0.15) is 11.8 Å². The van der Waals surface area contributed by atoms with Crippen molar-refractivity contribution in [3.8, 4) is 5.75 Å². The molecule has 0 aliphatic rings. The van der Waals surface area contributed by atoms with Crippen molar-refractivity contribution in [1.82, 2.24) is 10.2 Å². The van der Waals surface area contributed by atoms with Gasteiger partial charge in [-0.25, -0.2) is 0 Å². The zero-order valence-electron chi connectivity index (χ0n) is 19.8. The highest BCUT2D eigenvalue weighted by Gasteiger charge is 2.30. The predicted molar refractivity (Wildman–Crippen MR) is 147 cm³/mol. The van der Waals surface area contributed by atoms with Gasteiger partial charge in [0.25, 0.3) is 5.91 Å². The molecule has 4 rings (SSSR count). The summed E-state index contributed by atoms with van der Waals surface area (Å²) in [4.78, 5) is 28.2. The van der Waals surface area contributed by atoms with Crippen LogP contribution in [-0.4, -0.2) is 36.4 Å². The summed E-state index contributed by atoms with van der Waals surface area (Å²) < 4.78 is 6.74. The molecule has 4 aromatic rings. The highest BCUT2D eigenvalue weighted by molar-refractivity contribution is 9.10. The van der Waals surface area contributed by atoms with Crippen LogP contribution >= 0.6 is 27.5 Å². The van der Waals surface area contributed by atoms with Crippen LogP contribution in [0.2, 0.25) is 5.02 Å². The van der Waals surface area contributed by atoms with E-state index < -0.39 is 6.04 Å². The van der Waals surface area contributed by atoms with E-state index in [-0.39, 0.29) is 25.0 Å². The molecule has 0 bridgehead atoms. The Balaban J connectivity index is 1.62. The van der Waals surface area contributed by atoms with E-state index in [0.29, 0.717) is 17.2 Å². The molecule has 0 saturated carbocycles. The number of ether oxygens (including phenoxy) is 1. The second kappa shape index (κ2) is 12.1.